The van der Waals surface area contributed by atoms with Gasteiger partial charge in [-0.1, -0.05) is 11.6 Å². The van der Waals surface area contributed by atoms with Gasteiger partial charge in [0.05, 0.1) is 0 Å². The van der Waals surface area contributed by atoms with Crippen LogP contribution in [0, 0.1) is 0 Å². The Hall–Kier alpha value is -0.680. The highest BCUT2D eigenvalue weighted by atomic mass is 79.9. The number of rotatable bonds is 1. The summed E-state index contributed by atoms with van der Waals surface area (Å²) in [6, 6.07) is 1.29. The largest absolute Gasteiger partial charge is 0.478 e. The quantitative estimate of drug-likeness (QED) is 0.805. The maximum Gasteiger partial charge on any atom is 0.339 e. The Bertz CT molecular complexity index is 305. The van der Waals surface area contributed by atoms with Crippen molar-refractivity contribution in [2.45, 2.75) is 0 Å². The van der Waals surface area contributed by atoms with Gasteiger partial charge in [-0.15, -0.1) is 10.2 Å². The first-order valence-corrected chi connectivity index (χ1v) is 3.70. The van der Waals surface area contributed by atoms with Gasteiger partial charge in [-0.25, -0.2) is 4.79 Å². The van der Waals surface area contributed by atoms with Gasteiger partial charge in [0, 0.05) is 0 Å². The fraction of sp³-hybridized carbons (Fsp3) is 0. The van der Waals surface area contributed by atoms with Crippen molar-refractivity contribution in [3.63, 3.8) is 0 Å². The predicted octanol–water partition coefficient (Wildman–Crippen LogP) is 1.59. The lowest BCUT2D eigenvalue weighted by atomic mass is 10.3. The van der Waals surface area contributed by atoms with Crippen LogP contribution in [0.15, 0.2) is 10.7 Å². The Morgan fingerprint density at radius 3 is 2.73 bits per heavy atom. The number of nitrogens with zero attached hydrogens (tertiary/aromatic N) is 2. The number of aromatic carboxylic acids is 1. The smallest absolute Gasteiger partial charge is 0.339 e. The predicted molar refractivity (Wildman–Crippen MR) is 41.7 cm³/mol. The SMILES string of the molecule is O=C(O)c1cc(Br)nnc1Cl. The monoisotopic (exact) mass is 236 g/mol. The van der Waals surface area contributed by atoms with E-state index in [4.69, 9.17) is 16.7 Å². The maximum absolute atomic E-state index is 10.4. The third kappa shape index (κ3) is 1.87. The molecule has 4 nitrogen and oxygen atoms in total. The van der Waals surface area contributed by atoms with E-state index in [2.05, 4.69) is 26.1 Å². The summed E-state index contributed by atoms with van der Waals surface area (Å²) in [5.74, 6) is -1.12. The van der Waals surface area contributed by atoms with Gasteiger partial charge in [-0.05, 0) is 22.0 Å². The standard InChI is InChI=1S/C5H2BrClN2O2/c6-3-1-2(5(10)11)4(7)9-8-3/h1H,(H,10,11). The van der Waals surface area contributed by atoms with Gasteiger partial charge in [-0.3, -0.25) is 0 Å². The van der Waals surface area contributed by atoms with E-state index >= 15 is 0 Å². The normalized spacial score (nSPS) is 9.64. The summed E-state index contributed by atoms with van der Waals surface area (Å²) < 4.78 is 0.347. The fourth-order valence-corrected chi connectivity index (χ4v) is 0.984. The molecule has 0 fully saturated rings. The Labute approximate surface area is 75.3 Å². The van der Waals surface area contributed by atoms with Crippen molar-refractivity contribution in [1.82, 2.24) is 10.2 Å². The van der Waals surface area contributed by atoms with Crippen LogP contribution in [0.5, 0.6) is 0 Å². The van der Waals surface area contributed by atoms with Crippen LogP contribution >= 0.6 is 27.5 Å². The fourth-order valence-electron chi connectivity index (χ4n) is 0.503. The third-order valence-electron chi connectivity index (χ3n) is 0.949. The number of aromatic nitrogens is 2. The topological polar surface area (TPSA) is 63.1 Å². The average molecular weight is 237 g/mol. The summed E-state index contributed by atoms with van der Waals surface area (Å²) >= 11 is 8.38. The molecule has 0 aromatic carbocycles. The van der Waals surface area contributed by atoms with Crippen molar-refractivity contribution in [3.05, 3.63) is 21.4 Å². The Morgan fingerprint density at radius 2 is 2.27 bits per heavy atom. The summed E-state index contributed by atoms with van der Waals surface area (Å²) in [4.78, 5) is 10.4. The molecule has 1 aromatic rings. The molecule has 1 N–H and O–H groups in total. The number of carboxylic acids is 1. The molecule has 0 unspecified atom stereocenters. The van der Waals surface area contributed by atoms with Gasteiger partial charge in [0.25, 0.3) is 0 Å². The second-order valence-corrected chi connectivity index (χ2v) is 2.85. The molecule has 0 atom stereocenters. The molecular weight excluding hydrogens is 235 g/mol. The Kier molecular flexibility index (Phi) is 2.41. The summed E-state index contributed by atoms with van der Waals surface area (Å²) in [5, 5.41) is 15.3. The van der Waals surface area contributed by atoms with E-state index in [9.17, 15) is 4.79 Å². The minimum Gasteiger partial charge on any atom is -0.478 e. The molecule has 11 heavy (non-hydrogen) atoms. The average Bonchev–Trinajstić information content (AvgIpc) is 1.94. The van der Waals surface area contributed by atoms with Crippen LogP contribution in [0.4, 0.5) is 0 Å². The lowest BCUT2D eigenvalue weighted by Gasteiger charge is -1.95. The number of hydrogen-bond donors (Lipinski definition) is 1. The minimum absolute atomic E-state index is 0.0615. The highest BCUT2D eigenvalue weighted by molar-refractivity contribution is 9.10. The minimum atomic E-state index is -1.12. The highest BCUT2D eigenvalue weighted by Crippen LogP contribution is 2.14. The van der Waals surface area contributed by atoms with Gasteiger partial charge in [-0.2, -0.15) is 0 Å². The summed E-state index contributed by atoms with van der Waals surface area (Å²) in [5.41, 5.74) is -0.0615. The first-order chi connectivity index (χ1) is 5.11. The second-order valence-electron chi connectivity index (χ2n) is 1.68. The van der Waals surface area contributed by atoms with E-state index in [1.165, 1.54) is 6.07 Å². The molecule has 58 valence electrons. The molecule has 1 heterocycles. The maximum atomic E-state index is 10.4. The van der Waals surface area contributed by atoms with E-state index < -0.39 is 5.97 Å². The molecule has 0 spiro atoms. The Balaban J connectivity index is 3.23. The molecule has 0 aliphatic rings. The zero-order valence-corrected chi connectivity index (χ0v) is 7.43. The molecule has 0 amide bonds. The molecule has 0 aliphatic heterocycles. The molecular formula is C5H2BrClN2O2. The first-order valence-electron chi connectivity index (χ1n) is 2.53. The zero-order chi connectivity index (χ0) is 8.43. The van der Waals surface area contributed by atoms with Gasteiger partial charge >= 0.3 is 5.97 Å². The van der Waals surface area contributed by atoms with Crippen molar-refractivity contribution in [2.75, 3.05) is 0 Å². The third-order valence-corrected chi connectivity index (χ3v) is 1.62. The van der Waals surface area contributed by atoms with Gasteiger partial charge in [0.1, 0.15) is 10.2 Å². The number of halogens is 2. The molecule has 0 aliphatic carbocycles. The molecule has 0 radical (unpaired) electrons. The number of hydrogen-bond acceptors (Lipinski definition) is 3. The van der Waals surface area contributed by atoms with E-state index in [0.717, 1.165) is 0 Å². The zero-order valence-electron chi connectivity index (χ0n) is 5.08. The Morgan fingerprint density at radius 1 is 1.64 bits per heavy atom. The molecule has 0 saturated heterocycles. The van der Waals surface area contributed by atoms with Crippen molar-refractivity contribution in [1.29, 1.82) is 0 Å². The summed E-state index contributed by atoms with van der Waals surface area (Å²) in [6.45, 7) is 0. The van der Waals surface area contributed by atoms with Crippen LogP contribution in [-0.4, -0.2) is 21.3 Å². The summed E-state index contributed by atoms with van der Waals surface area (Å²) in [6.07, 6.45) is 0. The molecule has 1 aromatic heterocycles. The lowest BCUT2D eigenvalue weighted by molar-refractivity contribution is 0.0696. The molecule has 6 heteroatoms. The van der Waals surface area contributed by atoms with Crippen LogP contribution < -0.4 is 0 Å². The number of carboxylic acid groups (broad SMARTS) is 1. The van der Waals surface area contributed by atoms with Crippen LogP contribution in [0.2, 0.25) is 5.15 Å². The molecule has 1 rings (SSSR count). The van der Waals surface area contributed by atoms with Crippen LogP contribution in [0.1, 0.15) is 10.4 Å². The van der Waals surface area contributed by atoms with Gasteiger partial charge in [0.15, 0.2) is 5.15 Å². The van der Waals surface area contributed by atoms with Crippen LogP contribution in [0.25, 0.3) is 0 Å². The van der Waals surface area contributed by atoms with Crippen molar-refractivity contribution in [3.8, 4) is 0 Å². The first kappa shape index (κ1) is 8.42. The molecule has 0 bridgehead atoms. The van der Waals surface area contributed by atoms with Gasteiger partial charge < -0.3 is 5.11 Å². The van der Waals surface area contributed by atoms with Crippen molar-refractivity contribution < 1.29 is 9.90 Å². The van der Waals surface area contributed by atoms with Crippen LogP contribution in [0.3, 0.4) is 0 Å². The number of carbonyl (C=O) groups is 1. The van der Waals surface area contributed by atoms with E-state index in [0.29, 0.717) is 4.60 Å². The van der Waals surface area contributed by atoms with Gasteiger partial charge in [0.2, 0.25) is 0 Å². The lowest BCUT2D eigenvalue weighted by Crippen LogP contribution is -2.00. The van der Waals surface area contributed by atoms with E-state index in [-0.39, 0.29) is 10.7 Å². The van der Waals surface area contributed by atoms with E-state index in [1.54, 1.807) is 0 Å². The highest BCUT2D eigenvalue weighted by Gasteiger charge is 2.10. The van der Waals surface area contributed by atoms with E-state index in [1.807, 2.05) is 0 Å². The van der Waals surface area contributed by atoms with Crippen LogP contribution in [-0.2, 0) is 0 Å². The van der Waals surface area contributed by atoms with Crippen molar-refractivity contribution >= 4 is 33.5 Å². The summed E-state index contributed by atoms with van der Waals surface area (Å²) in [7, 11) is 0. The second kappa shape index (κ2) is 3.15. The molecule has 0 saturated carbocycles. The van der Waals surface area contributed by atoms with Crippen molar-refractivity contribution in [2.24, 2.45) is 0 Å².